The van der Waals surface area contributed by atoms with Crippen LogP contribution in [-0.4, -0.2) is 34.6 Å². The van der Waals surface area contributed by atoms with Crippen LogP contribution in [0.15, 0.2) is 54.3 Å². The van der Waals surface area contributed by atoms with Gasteiger partial charge in [-0.3, -0.25) is 0 Å². The topological polar surface area (TPSA) is 93.5 Å². The maximum absolute atomic E-state index is 11.0. The van der Waals surface area contributed by atoms with Crippen LogP contribution in [0.2, 0.25) is 0 Å². The third kappa shape index (κ3) is 3.49. The fraction of sp³-hybridized carbons (Fsp3) is 0.674. The summed E-state index contributed by atoms with van der Waals surface area (Å²) < 4.78 is 8.23. The van der Waals surface area contributed by atoms with E-state index in [0.717, 1.165) is 12.8 Å². The molecule has 7 fully saturated rings. The zero-order valence-electron chi connectivity index (χ0n) is 28.8. The van der Waals surface area contributed by atoms with Gasteiger partial charge < -0.3 is 26.6 Å². The minimum Gasteiger partial charge on any atom is -0.396 e. The van der Waals surface area contributed by atoms with Gasteiger partial charge in [-0.15, -0.1) is 0 Å². The summed E-state index contributed by atoms with van der Waals surface area (Å²) in [7, 11) is 0. The highest BCUT2D eigenvalue weighted by Gasteiger charge is 2.78. The lowest BCUT2D eigenvalue weighted by Crippen LogP contribution is -2.83. The van der Waals surface area contributed by atoms with E-state index < -0.39 is 0 Å². The quantitative estimate of drug-likeness (QED) is 0.278. The van der Waals surface area contributed by atoms with E-state index in [1.165, 1.54) is 81.6 Å². The Morgan fingerprint density at radius 3 is 2.56 bits per heavy atom. The summed E-state index contributed by atoms with van der Waals surface area (Å²) in [4.78, 5) is 0. The van der Waals surface area contributed by atoms with Crippen LogP contribution >= 0.6 is 0 Å². The number of fused-ring (bicyclic) bond motifs is 1. The van der Waals surface area contributed by atoms with Crippen molar-refractivity contribution in [1.29, 1.82) is 0 Å². The monoisotopic (exact) mass is 645 g/mol. The first kappa shape index (κ1) is 29.5. The van der Waals surface area contributed by atoms with Gasteiger partial charge in [-0.05, 0) is 139 Å². The molecule has 0 radical (unpaired) electrons. The summed E-state index contributed by atoms with van der Waals surface area (Å²) in [6, 6.07) is 12.2. The molecule has 48 heavy (non-hydrogen) atoms. The zero-order valence-corrected chi connectivity index (χ0v) is 28.8. The first-order valence-corrected chi connectivity index (χ1v) is 19.9. The number of nitrogens with one attached hydrogen (secondary N) is 1. The Hall–Kier alpha value is -2.18. The van der Waals surface area contributed by atoms with E-state index in [9.17, 15) is 5.11 Å². The van der Waals surface area contributed by atoms with Gasteiger partial charge in [0.05, 0.1) is 17.4 Å². The summed E-state index contributed by atoms with van der Waals surface area (Å²) >= 11 is 0. The van der Waals surface area contributed by atoms with Gasteiger partial charge in [-0.25, -0.2) is 0 Å². The molecule has 4 bridgehead atoms. The van der Waals surface area contributed by atoms with Crippen molar-refractivity contribution >= 4 is 10.8 Å². The zero-order chi connectivity index (χ0) is 32.2. The van der Waals surface area contributed by atoms with Gasteiger partial charge in [-0.2, -0.15) is 0 Å². The highest BCUT2D eigenvalue weighted by Crippen LogP contribution is 2.78. The number of allylic oxidation sites excluding steroid dienone is 2. The molecular weight excluding hydrogens is 590 g/mol. The highest BCUT2D eigenvalue weighted by atomic mass is 16.5. The summed E-state index contributed by atoms with van der Waals surface area (Å²) in [5, 5.41) is 17.5. The first-order chi connectivity index (χ1) is 23.3. The van der Waals surface area contributed by atoms with Gasteiger partial charge in [-0.1, -0.05) is 62.1 Å². The number of hydrogen-bond donors (Lipinski definition) is 4. The molecule has 0 amide bonds. The molecule has 0 aromatic heterocycles. The molecule has 10 aliphatic rings. The van der Waals surface area contributed by atoms with Crippen molar-refractivity contribution in [3.8, 4) is 0 Å². The number of aliphatic hydroxyl groups is 1. The Labute approximate surface area is 286 Å². The Balaban J connectivity index is 1.20. The van der Waals surface area contributed by atoms with Crippen molar-refractivity contribution in [2.75, 3.05) is 6.61 Å². The number of ether oxygens (including phenoxy) is 1. The molecule has 2 saturated heterocycles. The lowest BCUT2D eigenvalue weighted by molar-refractivity contribution is -0.357. The van der Waals surface area contributed by atoms with E-state index in [1.807, 2.05) is 0 Å². The van der Waals surface area contributed by atoms with Crippen molar-refractivity contribution in [3.05, 3.63) is 70.9 Å². The Morgan fingerprint density at radius 1 is 0.958 bits per heavy atom. The van der Waals surface area contributed by atoms with Crippen LogP contribution in [0.25, 0.3) is 10.8 Å². The second-order valence-corrected chi connectivity index (χ2v) is 18.7. The number of benzene rings is 2. The van der Waals surface area contributed by atoms with Gasteiger partial charge in [0.25, 0.3) is 0 Å². The average Bonchev–Trinajstić information content (AvgIpc) is 3.79. The highest BCUT2D eigenvalue weighted by molar-refractivity contribution is 5.93. The molecule has 12 atom stereocenters. The van der Waals surface area contributed by atoms with Crippen LogP contribution in [-0.2, 0) is 4.74 Å². The molecule has 3 heterocycles. The second kappa shape index (κ2) is 9.78. The van der Waals surface area contributed by atoms with Gasteiger partial charge in [0, 0.05) is 42.0 Å². The van der Waals surface area contributed by atoms with Crippen LogP contribution < -0.4 is 16.8 Å². The van der Waals surface area contributed by atoms with Gasteiger partial charge in [0.15, 0.2) is 0 Å². The summed E-state index contributed by atoms with van der Waals surface area (Å²) in [5.74, 6) is 3.69. The Bertz CT molecular complexity index is 1750. The van der Waals surface area contributed by atoms with Crippen LogP contribution in [0.4, 0.5) is 0 Å². The van der Waals surface area contributed by atoms with E-state index in [1.54, 1.807) is 22.1 Å². The summed E-state index contributed by atoms with van der Waals surface area (Å²) in [6.45, 7) is 2.74. The molecule has 5 heteroatoms. The third-order valence-corrected chi connectivity index (χ3v) is 17.0. The molecule has 2 spiro atoms. The predicted molar refractivity (Wildman–Crippen MR) is 190 cm³/mol. The predicted octanol–water partition coefficient (Wildman–Crippen LogP) is 7.49. The van der Waals surface area contributed by atoms with Crippen molar-refractivity contribution < 1.29 is 9.84 Å². The van der Waals surface area contributed by atoms with Crippen molar-refractivity contribution in [2.24, 2.45) is 52.4 Å². The lowest BCUT2D eigenvalue weighted by atomic mass is 9.35. The molecule has 7 aliphatic carbocycles. The van der Waals surface area contributed by atoms with Gasteiger partial charge in [0.1, 0.15) is 0 Å². The first-order valence-electron chi connectivity index (χ1n) is 19.9. The average molecular weight is 646 g/mol. The SMILES string of the molecule is CC1(C2CCCC2)OC23CC4(N)C(CO)CCC(C41)C2c1ccc2cccc4c2c1C1C(CC2(CCCC2)CC13)C4C1=CNC(N)C=C1. The summed E-state index contributed by atoms with van der Waals surface area (Å²) in [6.07, 6.45) is 23.0. The van der Waals surface area contributed by atoms with E-state index in [2.05, 4.69) is 60.9 Å². The molecule has 254 valence electrons. The third-order valence-electron chi connectivity index (χ3n) is 17.0. The van der Waals surface area contributed by atoms with E-state index in [4.69, 9.17) is 16.2 Å². The molecule has 5 nitrogen and oxygen atoms in total. The van der Waals surface area contributed by atoms with Crippen LogP contribution in [0.5, 0.6) is 0 Å². The molecule has 12 rings (SSSR count). The van der Waals surface area contributed by atoms with E-state index in [-0.39, 0.29) is 35.4 Å². The van der Waals surface area contributed by atoms with Crippen LogP contribution in [0.3, 0.4) is 0 Å². The molecule has 12 unspecified atom stereocenters. The largest absolute Gasteiger partial charge is 0.396 e. The molecule has 2 aromatic carbocycles. The smallest absolute Gasteiger partial charge is 0.0934 e. The maximum Gasteiger partial charge on any atom is 0.0934 e. The van der Waals surface area contributed by atoms with Crippen LogP contribution in [0.1, 0.15) is 125 Å². The number of rotatable bonds is 3. The molecule has 6 N–H and O–H groups in total. The van der Waals surface area contributed by atoms with E-state index in [0.29, 0.717) is 52.8 Å². The Morgan fingerprint density at radius 2 is 1.79 bits per heavy atom. The molecule has 3 aliphatic heterocycles. The second-order valence-electron chi connectivity index (χ2n) is 18.7. The number of aliphatic hydroxyl groups excluding tert-OH is 1. The Kier molecular flexibility index (Phi) is 6.02. The number of dihydropyridines is 1. The summed E-state index contributed by atoms with van der Waals surface area (Å²) in [5.41, 5.74) is 20.1. The van der Waals surface area contributed by atoms with Crippen LogP contribution in [0, 0.1) is 40.9 Å². The standard InChI is InChI=1S/C43H55N3O2/c1-40(26-8-2-3-9-26)39-30-15-13-27(22-47)42(39,45)23-43(48-40)32-20-41(17-4-5-18-41)19-31-34(25-12-16-33(44)46-21-25)28-10-6-7-24-11-14-29(38(30)43)37(35(24)28)36(31)32/h6-7,10-12,14,16,21,26-27,30-34,36,38-39,46-47H,2-5,8-9,13,15,17-20,22-23,44-45H2,1H3. The van der Waals surface area contributed by atoms with E-state index >= 15 is 0 Å². The van der Waals surface area contributed by atoms with Crippen molar-refractivity contribution in [3.63, 3.8) is 0 Å². The molecule has 5 saturated carbocycles. The normalized spacial score (nSPS) is 47.7. The fourth-order valence-electron chi connectivity index (χ4n) is 15.7. The molecule has 2 aromatic rings. The minimum atomic E-state index is -0.373. The molecular formula is C43H55N3O2. The fourth-order valence-corrected chi connectivity index (χ4v) is 15.7. The van der Waals surface area contributed by atoms with Crippen molar-refractivity contribution in [1.82, 2.24) is 5.32 Å². The maximum atomic E-state index is 11.0. The lowest BCUT2D eigenvalue weighted by Gasteiger charge is -2.78. The number of hydrogen-bond acceptors (Lipinski definition) is 5. The number of nitrogens with two attached hydrogens (primary N) is 2. The van der Waals surface area contributed by atoms with Gasteiger partial charge >= 0.3 is 0 Å². The minimum absolute atomic E-state index is 0.125. The van der Waals surface area contributed by atoms with Crippen molar-refractivity contribution in [2.45, 2.75) is 131 Å². The van der Waals surface area contributed by atoms with Gasteiger partial charge in [0.2, 0.25) is 0 Å².